The number of esters is 1. The number of carbonyl (C=O) groups excluding carboxylic acids is 3. The minimum absolute atomic E-state index is 0.0987. The van der Waals surface area contributed by atoms with Crippen LogP contribution in [0.15, 0.2) is 25.1 Å². The molecule has 47 heavy (non-hydrogen) atoms. The van der Waals surface area contributed by atoms with Crippen molar-refractivity contribution in [3.8, 4) is 0 Å². The highest BCUT2D eigenvalue weighted by molar-refractivity contribution is 5.99. The van der Waals surface area contributed by atoms with Gasteiger partial charge in [-0.25, -0.2) is 9.69 Å². The zero-order valence-electron chi connectivity index (χ0n) is 31.3. The largest absolute Gasteiger partial charge is 0.468 e. The number of carbonyl (C=O) groups is 3. The van der Waals surface area contributed by atoms with Gasteiger partial charge in [0.2, 0.25) is 0 Å². The van der Waals surface area contributed by atoms with Gasteiger partial charge in [0.05, 0.1) is 18.8 Å². The summed E-state index contributed by atoms with van der Waals surface area (Å²) in [4.78, 5) is 41.9. The summed E-state index contributed by atoms with van der Waals surface area (Å²) in [5, 5.41) is 9.25. The fourth-order valence-corrected chi connectivity index (χ4v) is 6.98. The SMILES string of the molecule is C=C[C@@]1([C@H](C)CCC)OC(=C)N2C(=O)O[C@](C)([C@@H](C)OC(=O)C(C)C(=O)[C@H](C)COC)C2C1C.CC.CC1CC(N(C)C)CC(O)O1. The lowest BCUT2D eigenvalue weighted by Gasteiger charge is -2.53. The summed E-state index contributed by atoms with van der Waals surface area (Å²) < 4.78 is 28.1. The van der Waals surface area contributed by atoms with Crippen molar-refractivity contribution < 1.29 is 43.2 Å². The highest BCUT2D eigenvalue weighted by atomic mass is 16.6. The number of rotatable bonds is 12. The van der Waals surface area contributed by atoms with E-state index in [2.05, 4.69) is 31.9 Å². The molecule has 11 nitrogen and oxygen atoms in total. The molecule has 0 radical (unpaired) electrons. The van der Waals surface area contributed by atoms with Crippen LogP contribution in [0.5, 0.6) is 0 Å². The van der Waals surface area contributed by atoms with Crippen molar-refractivity contribution in [2.45, 2.75) is 137 Å². The van der Waals surface area contributed by atoms with E-state index in [1.807, 2.05) is 41.8 Å². The minimum Gasteiger partial charge on any atom is -0.468 e. The zero-order valence-corrected chi connectivity index (χ0v) is 31.3. The first-order chi connectivity index (χ1) is 21.9. The van der Waals surface area contributed by atoms with Gasteiger partial charge < -0.3 is 33.7 Å². The van der Waals surface area contributed by atoms with Crippen LogP contribution in [-0.4, -0.2) is 102 Å². The topological polar surface area (TPSA) is 124 Å². The van der Waals surface area contributed by atoms with Crippen LogP contribution in [0, 0.1) is 23.7 Å². The second-order valence-corrected chi connectivity index (χ2v) is 13.4. The Kier molecular flexibility index (Phi) is 16.6. The van der Waals surface area contributed by atoms with Crippen molar-refractivity contribution in [1.29, 1.82) is 0 Å². The van der Waals surface area contributed by atoms with Crippen molar-refractivity contribution in [2.75, 3.05) is 27.8 Å². The molecule has 0 bridgehead atoms. The monoisotopic (exact) mass is 668 g/mol. The molecule has 1 amide bonds. The van der Waals surface area contributed by atoms with Crippen molar-refractivity contribution in [2.24, 2.45) is 23.7 Å². The summed E-state index contributed by atoms with van der Waals surface area (Å²) in [6.07, 6.45) is 3.58. The molecule has 0 aromatic carbocycles. The molecule has 3 aliphatic heterocycles. The van der Waals surface area contributed by atoms with Crippen LogP contribution >= 0.6 is 0 Å². The molecule has 3 rings (SSSR count). The van der Waals surface area contributed by atoms with Gasteiger partial charge in [-0.15, -0.1) is 0 Å². The maximum atomic E-state index is 12.9. The Labute approximate surface area is 283 Å². The molecule has 0 spiro atoms. The molecule has 0 aromatic heterocycles. The summed E-state index contributed by atoms with van der Waals surface area (Å²) >= 11 is 0. The molecule has 0 saturated carbocycles. The summed E-state index contributed by atoms with van der Waals surface area (Å²) in [6, 6.07) is -0.0477. The number of Topliss-reactive ketones (excluding diaryl/α,β-unsaturated/α-hetero) is 1. The molecule has 3 aliphatic rings. The predicted molar refractivity (Wildman–Crippen MR) is 182 cm³/mol. The van der Waals surface area contributed by atoms with Crippen molar-refractivity contribution in [3.63, 3.8) is 0 Å². The van der Waals surface area contributed by atoms with Crippen LogP contribution in [0.2, 0.25) is 0 Å². The maximum Gasteiger partial charge on any atom is 0.417 e. The number of methoxy groups -OCH3 is 1. The molecular weight excluding hydrogens is 604 g/mol. The molecule has 3 saturated heterocycles. The van der Waals surface area contributed by atoms with Gasteiger partial charge >= 0.3 is 12.1 Å². The number of amides is 1. The fourth-order valence-electron chi connectivity index (χ4n) is 6.98. The van der Waals surface area contributed by atoms with Gasteiger partial charge in [-0.3, -0.25) is 9.59 Å². The Balaban J connectivity index is 0.000000710. The molecule has 0 aliphatic carbocycles. The highest BCUT2D eigenvalue weighted by Crippen LogP contribution is 2.51. The number of aliphatic hydroxyl groups excluding tert-OH is 1. The van der Waals surface area contributed by atoms with Gasteiger partial charge in [0.1, 0.15) is 17.6 Å². The van der Waals surface area contributed by atoms with E-state index in [-0.39, 0.29) is 36.2 Å². The van der Waals surface area contributed by atoms with E-state index >= 15 is 0 Å². The second kappa shape index (κ2) is 18.3. The number of ketones is 1. The standard InChI is InChI=1S/C26H41NO7.C8H17NO2.C2H6/c1-11-13-16(4)26(12-2)18(6)22-25(9,34-24(30)27(22)20(8)33-26)19(7)32-23(29)17(5)21(28)15(3)14-31-10;1-6-4-7(9(2)3)5-8(10)11-6;1-2/h12,15-19,22H,2,8,11,13-14H2,1,3-7,9-10H3;6-8,10H,4-5H2,1-3H3;1-2H3/t15-,16-,17?,18?,19-,22?,25-,26+;;/m1../s1. The second-order valence-electron chi connectivity index (χ2n) is 13.4. The lowest BCUT2D eigenvalue weighted by molar-refractivity contribution is -0.178. The predicted octanol–water partition coefficient (Wildman–Crippen LogP) is 5.94. The first-order valence-electron chi connectivity index (χ1n) is 17.2. The number of hydrogen-bond acceptors (Lipinski definition) is 10. The number of ether oxygens (including phenoxy) is 5. The van der Waals surface area contributed by atoms with E-state index in [0.29, 0.717) is 6.04 Å². The number of fused-ring (bicyclic) bond motifs is 1. The van der Waals surface area contributed by atoms with Crippen LogP contribution in [0.25, 0.3) is 0 Å². The molecular formula is C36H64N2O9. The van der Waals surface area contributed by atoms with Gasteiger partial charge in [0.15, 0.2) is 23.6 Å². The number of cyclic esters (lactones) is 1. The Hall–Kier alpha value is -2.47. The lowest BCUT2D eigenvalue weighted by Crippen LogP contribution is -2.64. The Bertz CT molecular complexity index is 1060. The smallest absolute Gasteiger partial charge is 0.417 e. The molecule has 272 valence electrons. The molecule has 1 N–H and O–H groups in total. The molecule has 11 heteroatoms. The third-order valence-corrected chi connectivity index (χ3v) is 9.91. The minimum atomic E-state index is -1.19. The van der Waals surface area contributed by atoms with E-state index in [1.54, 1.807) is 26.8 Å². The van der Waals surface area contributed by atoms with Crippen LogP contribution in [0.1, 0.15) is 94.9 Å². The van der Waals surface area contributed by atoms with E-state index in [0.717, 1.165) is 25.7 Å². The summed E-state index contributed by atoms with van der Waals surface area (Å²) in [5.74, 6) is -2.29. The van der Waals surface area contributed by atoms with Crippen molar-refractivity contribution in [3.05, 3.63) is 25.1 Å². The fraction of sp³-hybridized carbons (Fsp3) is 0.806. The normalized spacial score (nSPS) is 32.6. The van der Waals surface area contributed by atoms with Gasteiger partial charge in [0.25, 0.3) is 0 Å². The Morgan fingerprint density at radius 1 is 1.15 bits per heavy atom. The highest BCUT2D eigenvalue weighted by Gasteiger charge is 2.65. The third kappa shape index (κ3) is 9.58. The lowest BCUT2D eigenvalue weighted by atomic mass is 9.68. The first kappa shape index (κ1) is 42.6. The van der Waals surface area contributed by atoms with Crippen molar-refractivity contribution in [1.82, 2.24) is 9.80 Å². The quantitative estimate of drug-likeness (QED) is 0.152. The average molecular weight is 669 g/mol. The Morgan fingerprint density at radius 2 is 1.74 bits per heavy atom. The van der Waals surface area contributed by atoms with Gasteiger partial charge in [-0.1, -0.05) is 54.5 Å². The zero-order chi connectivity index (χ0) is 36.4. The van der Waals surface area contributed by atoms with Crippen LogP contribution < -0.4 is 0 Å². The third-order valence-electron chi connectivity index (χ3n) is 9.91. The summed E-state index contributed by atoms with van der Waals surface area (Å²) in [5.41, 5.74) is -1.97. The first-order valence-corrected chi connectivity index (χ1v) is 17.2. The molecule has 6 unspecified atom stereocenters. The van der Waals surface area contributed by atoms with Gasteiger partial charge in [-0.2, -0.15) is 0 Å². The molecule has 11 atom stereocenters. The number of hydrogen-bond donors (Lipinski definition) is 1. The van der Waals surface area contributed by atoms with Crippen LogP contribution in [0.3, 0.4) is 0 Å². The van der Waals surface area contributed by atoms with Crippen LogP contribution in [-0.2, 0) is 33.3 Å². The van der Waals surface area contributed by atoms with E-state index < -0.39 is 53.5 Å². The van der Waals surface area contributed by atoms with Crippen LogP contribution in [0.4, 0.5) is 4.79 Å². The van der Waals surface area contributed by atoms with E-state index in [1.165, 1.54) is 18.9 Å². The van der Waals surface area contributed by atoms with E-state index in [4.69, 9.17) is 23.7 Å². The number of nitrogens with zero attached hydrogens (tertiary/aromatic N) is 2. The summed E-state index contributed by atoms with van der Waals surface area (Å²) in [6.45, 7) is 27.1. The van der Waals surface area contributed by atoms with Crippen molar-refractivity contribution >= 4 is 17.8 Å². The van der Waals surface area contributed by atoms with Gasteiger partial charge in [-0.05, 0) is 73.2 Å². The molecule has 3 fully saturated rings. The van der Waals surface area contributed by atoms with E-state index in [9.17, 15) is 19.5 Å². The maximum absolute atomic E-state index is 12.9. The van der Waals surface area contributed by atoms with Gasteiger partial charge in [0, 0.05) is 31.4 Å². The summed E-state index contributed by atoms with van der Waals surface area (Å²) in [7, 11) is 5.58. The molecule has 0 aromatic rings. The Morgan fingerprint density at radius 3 is 2.23 bits per heavy atom. The average Bonchev–Trinajstić information content (AvgIpc) is 3.30. The molecule has 3 heterocycles. The number of aliphatic hydroxyl groups is 1.